The van der Waals surface area contributed by atoms with E-state index in [0.717, 1.165) is 12.0 Å². The van der Waals surface area contributed by atoms with Crippen molar-refractivity contribution in [3.63, 3.8) is 0 Å². The van der Waals surface area contributed by atoms with Gasteiger partial charge in [-0.25, -0.2) is 0 Å². The first kappa shape index (κ1) is 22.2. The smallest absolute Gasteiger partial charge is 0.256 e. The van der Waals surface area contributed by atoms with Crippen molar-refractivity contribution >= 4 is 35.0 Å². The predicted octanol–water partition coefficient (Wildman–Crippen LogP) is 4.42. The van der Waals surface area contributed by atoms with Crippen LogP contribution in [-0.4, -0.2) is 35.2 Å². The molecule has 172 valence electrons. The molecule has 5 rings (SSSR count). The number of para-hydroxylation sites is 1. The number of hydrogen-bond donors (Lipinski definition) is 1. The Morgan fingerprint density at radius 1 is 0.941 bits per heavy atom. The van der Waals surface area contributed by atoms with E-state index in [-0.39, 0.29) is 24.3 Å². The summed E-state index contributed by atoms with van der Waals surface area (Å²) < 4.78 is 0. The Morgan fingerprint density at radius 3 is 2.47 bits per heavy atom. The van der Waals surface area contributed by atoms with E-state index in [0.29, 0.717) is 46.9 Å². The van der Waals surface area contributed by atoms with Crippen LogP contribution in [0.15, 0.2) is 72.8 Å². The molecule has 1 N–H and O–H groups in total. The highest BCUT2D eigenvalue weighted by atomic mass is 35.5. The molecule has 3 aromatic rings. The Morgan fingerprint density at radius 2 is 1.65 bits per heavy atom. The molecule has 3 aromatic carbocycles. The van der Waals surface area contributed by atoms with Gasteiger partial charge in [0, 0.05) is 23.7 Å². The molecule has 2 aliphatic rings. The molecule has 1 unspecified atom stereocenters. The van der Waals surface area contributed by atoms with Gasteiger partial charge in [0.25, 0.3) is 11.8 Å². The topological polar surface area (TPSA) is 69.7 Å². The molecule has 0 aliphatic carbocycles. The minimum absolute atomic E-state index is 0.109. The first-order valence-corrected chi connectivity index (χ1v) is 11.7. The number of halogens is 1. The average Bonchev–Trinajstić information content (AvgIpc) is 3.33. The van der Waals surface area contributed by atoms with E-state index < -0.39 is 6.04 Å². The number of benzene rings is 3. The van der Waals surface area contributed by atoms with Crippen molar-refractivity contribution in [2.75, 3.05) is 11.4 Å². The quantitative estimate of drug-likeness (QED) is 0.596. The van der Waals surface area contributed by atoms with Gasteiger partial charge in [-0.15, -0.1) is 0 Å². The molecule has 34 heavy (non-hydrogen) atoms. The van der Waals surface area contributed by atoms with Crippen LogP contribution in [0.5, 0.6) is 0 Å². The Hall–Kier alpha value is -3.64. The van der Waals surface area contributed by atoms with E-state index in [4.69, 9.17) is 11.6 Å². The zero-order valence-electron chi connectivity index (χ0n) is 18.5. The number of amides is 3. The maximum Gasteiger partial charge on any atom is 0.256 e. The second-order valence-electron chi connectivity index (χ2n) is 8.53. The summed E-state index contributed by atoms with van der Waals surface area (Å²) in [4.78, 5) is 43.2. The lowest BCUT2D eigenvalue weighted by Crippen LogP contribution is -2.44. The molecular weight excluding hydrogens is 450 g/mol. The zero-order chi connectivity index (χ0) is 23.7. The number of rotatable bonds is 5. The van der Waals surface area contributed by atoms with Crippen LogP contribution in [-0.2, 0) is 17.9 Å². The normalized spacial score (nSPS) is 17.3. The lowest BCUT2D eigenvalue weighted by atomic mass is 10.0. The van der Waals surface area contributed by atoms with E-state index in [1.54, 1.807) is 40.1 Å². The number of anilines is 1. The van der Waals surface area contributed by atoms with Crippen LogP contribution >= 0.6 is 11.6 Å². The lowest BCUT2D eigenvalue weighted by molar-refractivity contribution is -0.122. The largest absolute Gasteiger partial charge is 0.348 e. The number of carbonyl (C=O) groups is 3. The average molecular weight is 474 g/mol. The van der Waals surface area contributed by atoms with E-state index in [2.05, 4.69) is 5.32 Å². The van der Waals surface area contributed by atoms with Crippen molar-refractivity contribution in [1.29, 1.82) is 0 Å². The third-order valence-electron chi connectivity index (χ3n) is 6.48. The summed E-state index contributed by atoms with van der Waals surface area (Å²) in [6.45, 7) is 1.07. The van der Waals surface area contributed by atoms with Crippen LogP contribution in [0.25, 0.3) is 0 Å². The van der Waals surface area contributed by atoms with Crippen LogP contribution in [0, 0.1) is 0 Å². The van der Waals surface area contributed by atoms with Gasteiger partial charge in [0.05, 0.1) is 17.8 Å². The second-order valence-corrected chi connectivity index (χ2v) is 8.94. The van der Waals surface area contributed by atoms with Crippen LogP contribution in [0.4, 0.5) is 5.69 Å². The van der Waals surface area contributed by atoms with Gasteiger partial charge in [0.1, 0.15) is 6.04 Å². The third-order valence-corrected chi connectivity index (χ3v) is 6.85. The molecule has 0 radical (unpaired) electrons. The minimum Gasteiger partial charge on any atom is -0.348 e. The molecule has 0 bridgehead atoms. The SMILES string of the molecule is O=C(NCc1ccccc1Cl)c1ccccc1CN1C(=O)C2CCCN2C(=O)c2ccccc21. The Labute approximate surface area is 203 Å². The van der Waals surface area contributed by atoms with Gasteiger partial charge in [0.15, 0.2) is 0 Å². The summed E-state index contributed by atoms with van der Waals surface area (Å²) in [6.07, 6.45) is 1.45. The summed E-state index contributed by atoms with van der Waals surface area (Å²) in [6, 6.07) is 21.3. The Balaban J connectivity index is 1.45. The molecule has 1 saturated heterocycles. The van der Waals surface area contributed by atoms with Crippen LogP contribution in [0.3, 0.4) is 0 Å². The van der Waals surface area contributed by atoms with Crippen molar-refractivity contribution in [1.82, 2.24) is 10.2 Å². The zero-order valence-corrected chi connectivity index (χ0v) is 19.3. The van der Waals surface area contributed by atoms with Gasteiger partial charge >= 0.3 is 0 Å². The highest BCUT2D eigenvalue weighted by molar-refractivity contribution is 6.31. The monoisotopic (exact) mass is 473 g/mol. The molecule has 0 aromatic heterocycles. The van der Waals surface area contributed by atoms with E-state index in [1.165, 1.54) is 0 Å². The summed E-state index contributed by atoms with van der Waals surface area (Å²) >= 11 is 6.22. The fraction of sp³-hybridized carbons (Fsp3) is 0.222. The molecule has 0 saturated carbocycles. The maximum absolute atomic E-state index is 13.6. The van der Waals surface area contributed by atoms with Crippen molar-refractivity contribution in [2.24, 2.45) is 0 Å². The molecule has 2 heterocycles. The van der Waals surface area contributed by atoms with Gasteiger partial charge < -0.3 is 15.1 Å². The van der Waals surface area contributed by atoms with E-state index in [9.17, 15) is 14.4 Å². The number of hydrogen-bond acceptors (Lipinski definition) is 3. The predicted molar refractivity (Wildman–Crippen MR) is 131 cm³/mol. The van der Waals surface area contributed by atoms with Gasteiger partial charge in [0.2, 0.25) is 5.91 Å². The van der Waals surface area contributed by atoms with Gasteiger partial charge in [-0.2, -0.15) is 0 Å². The van der Waals surface area contributed by atoms with E-state index >= 15 is 0 Å². The number of nitrogens with zero attached hydrogens (tertiary/aromatic N) is 2. The molecule has 7 heteroatoms. The highest BCUT2D eigenvalue weighted by Crippen LogP contribution is 2.33. The molecular formula is C27H24ClN3O3. The van der Waals surface area contributed by atoms with Crippen LogP contribution in [0.1, 0.15) is 44.7 Å². The second kappa shape index (κ2) is 9.31. The fourth-order valence-corrected chi connectivity index (χ4v) is 4.94. The summed E-state index contributed by atoms with van der Waals surface area (Å²) in [5, 5.41) is 3.52. The highest BCUT2D eigenvalue weighted by Gasteiger charge is 2.42. The Kier molecular flexibility index (Phi) is 6.07. The third kappa shape index (κ3) is 4.05. The van der Waals surface area contributed by atoms with Crippen molar-refractivity contribution in [2.45, 2.75) is 32.0 Å². The fourth-order valence-electron chi connectivity index (χ4n) is 4.74. The van der Waals surface area contributed by atoms with E-state index in [1.807, 2.05) is 42.5 Å². The van der Waals surface area contributed by atoms with Crippen LogP contribution in [0.2, 0.25) is 5.02 Å². The van der Waals surface area contributed by atoms with Gasteiger partial charge in [-0.3, -0.25) is 14.4 Å². The summed E-state index contributed by atoms with van der Waals surface area (Å²) in [7, 11) is 0. The van der Waals surface area contributed by atoms with Crippen molar-refractivity contribution < 1.29 is 14.4 Å². The first-order valence-electron chi connectivity index (χ1n) is 11.4. The van der Waals surface area contributed by atoms with Gasteiger partial charge in [-0.05, 0) is 48.2 Å². The van der Waals surface area contributed by atoms with Crippen molar-refractivity contribution in [3.8, 4) is 0 Å². The van der Waals surface area contributed by atoms with Crippen molar-refractivity contribution in [3.05, 3.63) is 100 Å². The maximum atomic E-state index is 13.6. The molecule has 1 fully saturated rings. The molecule has 0 spiro atoms. The first-order chi connectivity index (χ1) is 16.5. The minimum atomic E-state index is -0.471. The Bertz CT molecular complexity index is 1280. The molecule has 2 aliphatic heterocycles. The van der Waals surface area contributed by atoms with Gasteiger partial charge in [-0.1, -0.05) is 60.1 Å². The summed E-state index contributed by atoms with van der Waals surface area (Å²) in [5.74, 6) is -0.466. The standard InChI is InChI=1S/C27H24ClN3O3/c28-22-12-5-2-8-18(22)16-29-25(32)20-10-3-1-9-19(20)17-31-23-13-6-4-11-21(23)26(33)30-15-7-14-24(30)27(31)34/h1-6,8-13,24H,7,14-17H2,(H,29,32). The number of carbonyl (C=O) groups excluding carboxylic acids is 3. The van der Waals surface area contributed by atoms with Crippen LogP contribution < -0.4 is 10.2 Å². The number of nitrogens with one attached hydrogen (secondary N) is 1. The lowest BCUT2D eigenvalue weighted by Gasteiger charge is -2.26. The molecule has 1 atom stereocenters. The number of fused-ring (bicyclic) bond motifs is 2. The molecule has 3 amide bonds. The summed E-state index contributed by atoms with van der Waals surface area (Å²) in [5.41, 5.74) is 3.12. The molecule has 6 nitrogen and oxygen atoms in total.